The number of benzene rings is 1. The average Bonchev–Trinajstić information content (AvgIpc) is 2.86. The lowest BCUT2D eigenvalue weighted by Crippen LogP contribution is -2.36. The molecule has 0 radical (unpaired) electrons. The molecule has 1 aromatic rings. The minimum Gasteiger partial charge on any atom is -0.382 e. The highest BCUT2D eigenvalue weighted by atomic mass is 16.5. The number of anilines is 2. The first-order valence-electron chi connectivity index (χ1n) is 7.52. The Kier molecular flexibility index (Phi) is 3.92. The van der Waals surface area contributed by atoms with Crippen molar-refractivity contribution in [3.8, 4) is 0 Å². The number of hydrogen-bond acceptors (Lipinski definition) is 3. The third-order valence-corrected chi connectivity index (χ3v) is 4.46. The van der Waals surface area contributed by atoms with Crippen LogP contribution in [0.2, 0.25) is 0 Å². The van der Waals surface area contributed by atoms with Gasteiger partial charge in [-0.2, -0.15) is 0 Å². The van der Waals surface area contributed by atoms with E-state index in [0.717, 1.165) is 32.2 Å². The standard InChI is InChI=1S/C16H24N2O/c1-13-3-2-4-16(13)17-14-5-7-15(8-6-14)18-9-11-19-12-10-18/h5-8,13,16-17H,2-4,9-12H2,1H3. The Bertz CT molecular complexity index is 398. The van der Waals surface area contributed by atoms with Crippen molar-refractivity contribution in [2.75, 3.05) is 36.5 Å². The van der Waals surface area contributed by atoms with Crippen molar-refractivity contribution < 1.29 is 4.74 Å². The summed E-state index contributed by atoms with van der Waals surface area (Å²) in [5, 5.41) is 3.68. The van der Waals surface area contributed by atoms with Crippen molar-refractivity contribution in [1.29, 1.82) is 0 Å². The molecule has 2 fully saturated rings. The van der Waals surface area contributed by atoms with Crippen LogP contribution in [-0.4, -0.2) is 32.3 Å². The summed E-state index contributed by atoms with van der Waals surface area (Å²) < 4.78 is 5.39. The van der Waals surface area contributed by atoms with Gasteiger partial charge in [-0.25, -0.2) is 0 Å². The maximum Gasteiger partial charge on any atom is 0.0642 e. The van der Waals surface area contributed by atoms with Crippen LogP contribution in [0.3, 0.4) is 0 Å². The van der Waals surface area contributed by atoms with Crippen LogP contribution in [-0.2, 0) is 4.74 Å². The average molecular weight is 260 g/mol. The Balaban J connectivity index is 1.61. The fourth-order valence-electron chi connectivity index (χ4n) is 3.16. The predicted octanol–water partition coefficient (Wildman–Crippen LogP) is 3.12. The zero-order valence-electron chi connectivity index (χ0n) is 11.8. The summed E-state index contributed by atoms with van der Waals surface area (Å²) in [6.07, 6.45) is 4.04. The van der Waals surface area contributed by atoms with Gasteiger partial charge in [-0.1, -0.05) is 13.3 Å². The SMILES string of the molecule is CC1CCCC1Nc1ccc(N2CCOCC2)cc1. The third kappa shape index (κ3) is 3.03. The van der Waals surface area contributed by atoms with Gasteiger partial charge in [-0.15, -0.1) is 0 Å². The van der Waals surface area contributed by atoms with E-state index in [0.29, 0.717) is 6.04 Å². The predicted molar refractivity (Wildman–Crippen MR) is 79.9 cm³/mol. The van der Waals surface area contributed by atoms with Gasteiger partial charge >= 0.3 is 0 Å². The molecule has 1 saturated heterocycles. The van der Waals surface area contributed by atoms with Crippen LogP contribution in [0, 0.1) is 5.92 Å². The Morgan fingerprint density at radius 1 is 1.11 bits per heavy atom. The number of nitrogens with zero attached hydrogens (tertiary/aromatic N) is 1. The molecule has 1 aliphatic carbocycles. The lowest BCUT2D eigenvalue weighted by atomic mass is 10.1. The monoisotopic (exact) mass is 260 g/mol. The first kappa shape index (κ1) is 12.8. The van der Waals surface area contributed by atoms with Crippen molar-refractivity contribution in [2.45, 2.75) is 32.2 Å². The second-order valence-corrected chi connectivity index (χ2v) is 5.81. The Labute approximate surface area is 115 Å². The molecule has 2 aliphatic rings. The fraction of sp³-hybridized carbons (Fsp3) is 0.625. The van der Waals surface area contributed by atoms with E-state index in [1.54, 1.807) is 0 Å². The molecule has 2 atom stereocenters. The van der Waals surface area contributed by atoms with Crippen LogP contribution >= 0.6 is 0 Å². The molecule has 2 unspecified atom stereocenters. The van der Waals surface area contributed by atoms with Gasteiger partial charge < -0.3 is 15.0 Å². The smallest absolute Gasteiger partial charge is 0.0642 e. The summed E-state index contributed by atoms with van der Waals surface area (Å²) in [5.41, 5.74) is 2.57. The van der Waals surface area contributed by atoms with E-state index in [2.05, 4.69) is 41.4 Å². The number of rotatable bonds is 3. The van der Waals surface area contributed by atoms with E-state index in [1.807, 2.05) is 0 Å². The van der Waals surface area contributed by atoms with Gasteiger partial charge in [0.25, 0.3) is 0 Å². The van der Waals surface area contributed by atoms with E-state index in [9.17, 15) is 0 Å². The molecule has 1 N–H and O–H groups in total. The highest BCUT2D eigenvalue weighted by Gasteiger charge is 2.22. The van der Waals surface area contributed by atoms with Gasteiger partial charge in [-0.05, 0) is 43.0 Å². The summed E-state index contributed by atoms with van der Waals surface area (Å²) in [4.78, 5) is 2.39. The largest absolute Gasteiger partial charge is 0.382 e. The molecule has 1 heterocycles. The highest BCUT2D eigenvalue weighted by molar-refractivity contribution is 5.55. The lowest BCUT2D eigenvalue weighted by molar-refractivity contribution is 0.122. The number of ether oxygens (including phenoxy) is 1. The molecule has 19 heavy (non-hydrogen) atoms. The van der Waals surface area contributed by atoms with Crippen molar-refractivity contribution >= 4 is 11.4 Å². The maximum absolute atomic E-state index is 5.39. The van der Waals surface area contributed by atoms with Crippen LogP contribution in [0.15, 0.2) is 24.3 Å². The summed E-state index contributed by atoms with van der Waals surface area (Å²) in [7, 11) is 0. The van der Waals surface area contributed by atoms with E-state index < -0.39 is 0 Å². The Hall–Kier alpha value is -1.22. The first-order valence-corrected chi connectivity index (χ1v) is 7.52. The van der Waals surface area contributed by atoms with Gasteiger partial charge in [0.2, 0.25) is 0 Å². The molecule has 1 saturated carbocycles. The summed E-state index contributed by atoms with van der Waals surface area (Å²) in [6, 6.07) is 9.56. The topological polar surface area (TPSA) is 24.5 Å². The molecular formula is C16H24N2O. The lowest BCUT2D eigenvalue weighted by Gasteiger charge is -2.29. The number of hydrogen-bond donors (Lipinski definition) is 1. The molecule has 3 nitrogen and oxygen atoms in total. The second-order valence-electron chi connectivity index (χ2n) is 5.81. The second kappa shape index (κ2) is 5.83. The van der Waals surface area contributed by atoms with Crippen LogP contribution in [0.1, 0.15) is 26.2 Å². The molecular weight excluding hydrogens is 236 g/mol. The quantitative estimate of drug-likeness (QED) is 0.903. The molecule has 3 rings (SSSR count). The molecule has 3 heteroatoms. The van der Waals surface area contributed by atoms with Crippen molar-refractivity contribution in [2.24, 2.45) is 5.92 Å². The van der Waals surface area contributed by atoms with Gasteiger partial charge in [0.1, 0.15) is 0 Å². The van der Waals surface area contributed by atoms with Crippen LogP contribution < -0.4 is 10.2 Å². The van der Waals surface area contributed by atoms with Crippen molar-refractivity contribution in [1.82, 2.24) is 0 Å². The van der Waals surface area contributed by atoms with Gasteiger partial charge in [0.05, 0.1) is 13.2 Å². The van der Waals surface area contributed by atoms with E-state index in [1.165, 1.54) is 30.6 Å². The molecule has 0 aromatic heterocycles. The highest BCUT2D eigenvalue weighted by Crippen LogP contribution is 2.28. The van der Waals surface area contributed by atoms with Gasteiger partial charge in [0, 0.05) is 30.5 Å². The van der Waals surface area contributed by atoms with Crippen LogP contribution in [0.25, 0.3) is 0 Å². The van der Waals surface area contributed by atoms with Gasteiger partial charge in [-0.3, -0.25) is 0 Å². The molecule has 0 bridgehead atoms. The minimum absolute atomic E-state index is 0.661. The van der Waals surface area contributed by atoms with E-state index in [4.69, 9.17) is 4.74 Å². The fourth-order valence-corrected chi connectivity index (χ4v) is 3.16. The van der Waals surface area contributed by atoms with E-state index in [-0.39, 0.29) is 0 Å². The zero-order valence-corrected chi connectivity index (χ0v) is 11.8. The molecule has 1 aliphatic heterocycles. The normalized spacial score (nSPS) is 27.5. The van der Waals surface area contributed by atoms with Crippen molar-refractivity contribution in [3.05, 3.63) is 24.3 Å². The number of morpholine rings is 1. The molecule has 1 aromatic carbocycles. The van der Waals surface area contributed by atoms with E-state index >= 15 is 0 Å². The summed E-state index contributed by atoms with van der Waals surface area (Å²) >= 11 is 0. The maximum atomic E-state index is 5.39. The zero-order chi connectivity index (χ0) is 13.1. The molecule has 104 valence electrons. The van der Waals surface area contributed by atoms with Gasteiger partial charge in [0.15, 0.2) is 0 Å². The third-order valence-electron chi connectivity index (χ3n) is 4.46. The summed E-state index contributed by atoms with van der Waals surface area (Å²) in [6.45, 7) is 6.06. The van der Waals surface area contributed by atoms with Crippen LogP contribution in [0.4, 0.5) is 11.4 Å². The van der Waals surface area contributed by atoms with Crippen LogP contribution in [0.5, 0.6) is 0 Å². The first-order chi connectivity index (χ1) is 9.33. The molecule has 0 amide bonds. The summed E-state index contributed by atoms with van der Waals surface area (Å²) in [5.74, 6) is 0.805. The Morgan fingerprint density at radius 2 is 1.84 bits per heavy atom. The van der Waals surface area contributed by atoms with Crippen molar-refractivity contribution in [3.63, 3.8) is 0 Å². The molecule has 0 spiro atoms. The minimum atomic E-state index is 0.661. The Morgan fingerprint density at radius 3 is 2.47 bits per heavy atom. The number of nitrogens with one attached hydrogen (secondary N) is 1.